The van der Waals surface area contributed by atoms with Crippen molar-refractivity contribution in [1.82, 2.24) is 16.3 Å². The first-order valence-corrected chi connectivity index (χ1v) is 11.9. The van der Waals surface area contributed by atoms with Crippen LogP contribution in [0.4, 0.5) is 17.1 Å². The second kappa shape index (κ2) is 13.6. The summed E-state index contributed by atoms with van der Waals surface area (Å²) < 4.78 is 0. The minimum Gasteiger partial charge on any atom is -0.375 e. The molecule has 3 aromatic carbocycles. The van der Waals surface area contributed by atoms with E-state index in [2.05, 4.69) is 36.5 Å². The molecule has 10 nitrogen and oxygen atoms in total. The molecule has 3 aromatic rings. The molecule has 0 fully saturated rings. The Morgan fingerprint density at radius 2 is 0.757 bits per heavy atom. The monoisotopic (exact) mass is 548 g/mol. The van der Waals surface area contributed by atoms with E-state index in [0.29, 0.717) is 0 Å². The van der Waals surface area contributed by atoms with Crippen LogP contribution in [-0.2, 0) is 0 Å². The molecular weight excluding hydrogens is 525 g/mol. The molecule has 0 aliphatic rings. The van der Waals surface area contributed by atoms with Crippen molar-refractivity contribution in [2.24, 2.45) is 32.5 Å². The van der Waals surface area contributed by atoms with E-state index < -0.39 is 0 Å². The van der Waals surface area contributed by atoms with Gasteiger partial charge in [0.15, 0.2) is 15.3 Å². The molecule has 0 amide bonds. The predicted molar refractivity (Wildman–Crippen MR) is 164 cm³/mol. The number of rotatable bonds is 9. The first-order valence-electron chi connectivity index (χ1n) is 10.7. The first-order chi connectivity index (χ1) is 17.8. The van der Waals surface area contributed by atoms with Gasteiger partial charge in [-0.1, -0.05) is 36.4 Å². The third kappa shape index (κ3) is 8.92. The Kier molecular flexibility index (Phi) is 9.96. The summed E-state index contributed by atoms with van der Waals surface area (Å²) in [6.45, 7) is 0. The van der Waals surface area contributed by atoms with Gasteiger partial charge in [-0.05, 0) is 89.7 Å². The number of hydrazone groups is 3. The molecule has 0 aromatic heterocycles. The fourth-order valence-electron chi connectivity index (χ4n) is 3.09. The first kappa shape index (κ1) is 27.1. The maximum atomic E-state index is 5.40. The summed E-state index contributed by atoms with van der Waals surface area (Å²) in [4.78, 5) is 2.11. The van der Waals surface area contributed by atoms with Crippen LogP contribution in [0.2, 0.25) is 0 Å². The smallest absolute Gasteiger partial charge is 0.184 e. The zero-order valence-corrected chi connectivity index (χ0v) is 21.9. The molecule has 188 valence electrons. The molecule has 37 heavy (non-hydrogen) atoms. The molecule has 0 aliphatic carbocycles. The van der Waals surface area contributed by atoms with Gasteiger partial charge < -0.3 is 22.1 Å². The standard InChI is InChI=1S/C24H24N10S3/c25-22(35)31-28-13-16-1-7-19(8-2-16)34(20-9-3-17(4-10-20)14-29-32-23(26)36)21-11-5-18(6-12-21)15-30-33-24(27)37/h1-15H,(H3,25,31,35)(H3,26,32,36)(H3,27,33,37)/b28-13+,29-14+,30-15+. The number of thiocarbonyl (C=S) groups is 3. The van der Waals surface area contributed by atoms with E-state index in [4.69, 9.17) is 53.9 Å². The lowest BCUT2D eigenvalue weighted by molar-refractivity contribution is 1.04. The maximum absolute atomic E-state index is 5.40. The molecule has 0 atom stereocenters. The van der Waals surface area contributed by atoms with E-state index in [-0.39, 0.29) is 15.3 Å². The topological polar surface area (TPSA) is 154 Å². The summed E-state index contributed by atoms with van der Waals surface area (Å²) in [5.41, 5.74) is 29.3. The van der Waals surface area contributed by atoms with Gasteiger partial charge in [0.25, 0.3) is 0 Å². The van der Waals surface area contributed by atoms with Crippen LogP contribution in [0.5, 0.6) is 0 Å². The number of nitrogens with zero attached hydrogens (tertiary/aromatic N) is 4. The van der Waals surface area contributed by atoms with Gasteiger partial charge in [0.2, 0.25) is 0 Å². The summed E-state index contributed by atoms with van der Waals surface area (Å²) in [5.74, 6) is 0. The van der Waals surface area contributed by atoms with Crippen molar-refractivity contribution >= 4 is 87.7 Å². The van der Waals surface area contributed by atoms with Crippen LogP contribution in [0, 0.1) is 0 Å². The highest BCUT2D eigenvalue weighted by atomic mass is 32.1. The Morgan fingerprint density at radius 1 is 0.514 bits per heavy atom. The Morgan fingerprint density at radius 3 is 0.973 bits per heavy atom. The summed E-state index contributed by atoms with van der Waals surface area (Å²) in [5, 5.41) is 12.3. The minimum atomic E-state index is 0.101. The van der Waals surface area contributed by atoms with Gasteiger partial charge >= 0.3 is 0 Å². The van der Waals surface area contributed by atoms with Gasteiger partial charge in [-0.15, -0.1) is 0 Å². The second-order valence-electron chi connectivity index (χ2n) is 7.31. The number of hydrogen-bond acceptors (Lipinski definition) is 7. The van der Waals surface area contributed by atoms with Crippen molar-refractivity contribution in [1.29, 1.82) is 0 Å². The Labute approximate surface area is 230 Å². The molecule has 0 aliphatic heterocycles. The van der Waals surface area contributed by atoms with Crippen LogP contribution in [0.1, 0.15) is 16.7 Å². The number of nitrogens with one attached hydrogen (secondary N) is 3. The lowest BCUT2D eigenvalue weighted by Gasteiger charge is -2.25. The largest absolute Gasteiger partial charge is 0.375 e. The molecule has 0 bridgehead atoms. The van der Waals surface area contributed by atoms with E-state index in [1.54, 1.807) is 18.6 Å². The Hall–Kier alpha value is -4.46. The lowest BCUT2D eigenvalue weighted by atomic mass is 10.1. The van der Waals surface area contributed by atoms with Crippen molar-refractivity contribution in [2.45, 2.75) is 0 Å². The zero-order valence-electron chi connectivity index (χ0n) is 19.4. The van der Waals surface area contributed by atoms with E-state index in [1.807, 2.05) is 72.8 Å². The van der Waals surface area contributed by atoms with Crippen LogP contribution in [0.15, 0.2) is 88.1 Å². The molecule has 0 heterocycles. The number of hydrogen-bond donors (Lipinski definition) is 6. The van der Waals surface area contributed by atoms with Gasteiger partial charge in [-0.25, -0.2) is 0 Å². The van der Waals surface area contributed by atoms with Crippen LogP contribution in [0.25, 0.3) is 0 Å². The lowest BCUT2D eigenvalue weighted by Crippen LogP contribution is -2.23. The molecule has 13 heteroatoms. The van der Waals surface area contributed by atoms with E-state index in [0.717, 1.165) is 33.8 Å². The van der Waals surface area contributed by atoms with Gasteiger partial charge in [0, 0.05) is 17.1 Å². The van der Waals surface area contributed by atoms with Gasteiger partial charge in [0.1, 0.15) is 0 Å². The second-order valence-corrected chi connectivity index (χ2v) is 8.63. The summed E-state index contributed by atoms with van der Waals surface area (Å²) in [6.07, 6.45) is 4.91. The van der Waals surface area contributed by atoms with Gasteiger partial charge in [-0.2, -0.15) is 15.3 Å². The molecule has 3 rings (SSSR count). The molecule has 0 unspecified atom stereocenters. The Balaban J connectivity index is 1.91. The number of benzene rings is 3. The highest BCUT2D eigenvalue weighted by Crippen LogP contribution is 2.34. The van der Waals surface area contributed by atoms with Gasteiger partial charge in [-0.3, -0.25) is 16.3 Å². The average Bonchev–Trinajstić information content (AvgIpc) is 2.86. The summed E-state index contributed by atoms with van der Waals surface area (Å²) in [6, 6.07) is 23.6. The third-order valence-corrected chi connectivity index (χ3v) is 4.89. The molecule has 0 saturated heterocycles. The van der Waals surface area contributed by atoms with Crippen LogP contribution >= 0.6 is 36.7 Å². The SMILES string of the molecule is NC(=S)N/N=C/c1ccc(N(c2ccc(/C=N/NC(N)=S)cc2)c2ccc(/C=N/NC(N)=S)cc2)cc1. The minimum absolute atomic E-state index is 0.101. The predicted octanol–water partition coefficient (Wildman–Crippen LogP) is 2.66. The summed E-state index contributed by atoms with van der Waals surface area (Å²) in [7, 11) is 0. The maximum Gasteiger partial charge on any atom is 0.184 e. The normalized spacial score (nSPS) is 11.0. The van der Waals surface area contributed by atoms with Crippen molar-refractivity contribution in [2.75, 3.05) is 4.90 Å². The van der Waals surface area contributed by atoms with Crippen molar-refractivity contribution in [3.05, 3.63) is 89.5 Å². The van der Waals surface area contributed by atoms with E-state index in [9.17, 15) is 0 Å². The number of nitrogens with two attached hydrogens (primary N) is 3. The molecule has 0 spiro atoms. The van der Waals surface area contributed by atoms with Crippen LogP contribution in [-0.4, -0.2) is 34.0 Å². The average molecular weight is 549 g/mol. The fourth-order valence-corrected chi connectivity index (χ4v) is 3.24. The summed E-state index contributed by atoms with van der Waals surface area (Å²) >= 11 is 14.3. The molecular formula is C24H24N10S3. The molecule has 0 radical (unpaired) electrons. The van der Waals surface area contributed by atoms with Gasteiger partial charge in [0.05, 0.1) is 18.6 Å². The fraction of sp³-hybridized carbons (Fsp3) is 0. The number of anilines is 3. The van der Waals surface area contributed by atoms with Crippen LogP contribution < -0.4 is 38.4 Å². The third-order valence-electron chi connectivity index (χ3n) is 4.62. The highest BCUT2D eigenvalue weighted by Gasteiger charge is 2.12. The molecule has 0 saturated carbocycles. The van der Waals surface area contributed by atoms with Crippen LogP contribution in [0.3, 0.4) is 0 Å². The molecule has 9 N–H and O–H groups in total. The van der Waals surface area contributed by atoms with E-state index in [1.165, 1.54) is 0 Å². The van der Waals surface area contributed by atoms with Crippen molar-refractivity contribution in [3.8, 4) is 0 Å². The van der Waals surface area contributed by atoms with Crippen molar-refractivity contribution < 1.29 is 0 Å². The Bertz CT molecular complexity index is 1150. The highest BCUT2D eigenvalue weighted by molar-refractivity contribution is 7.80. The quantitative estimate of drug-likeness (QED) is 0.134. The van der Waals surface area contributed by atoms with E-state index >= 15 is 0 Å². The zero-order chi connectivity index (χ0) is 26.6. The van der Waals surface area contributed by atoms with Crippen molar-refractivity contribution in [3.63, 3.8) is 0 Å².